The molecule has 5 rings (SSSR count). The number of carbonyl (C=O) groups excluding carboxylic acids is 2. The highest BCUT2D eigenvalue weighted by atomic mass is 19.1. The highest BCUT2D eigenvalue weighted by Crippen LogP contribution is 2.32. The number of halogens is 1. The Balaban J connectivity index is 1.40. The molecule has 32 heavy (non-hydrogen) atoms. The predicted molar refractivity (Wildman–Crippen MR) is 120 cm³/mol. The van der Waals surface area contributed by atoms with Gasteiger partial charge < -0.3 is 9.80 Å². The standard InChI is InChI=1S/C24H26FN5O2/c1-24(2)11-6-12-29(24)22(31)16-27-13-14-28(23(27)32)19-9-5-10-20-17(19)15-26-30(20)21-8-4-3-7-18(21)25/h3-5,7-10,15H,6,11-14,16H2,1-2H3. The van der Waals surface area contributed by atoms with E-state index in [2.05, 4.69) is 18.9 Å². The Morgan fingerprint density at radius 1 is 1.06 bits per heavy atom. The molecule has 0 radical (unpaired) electrons. The van der Waals surface area contributed by atoms with Crippen molar-refractivity contribution in [2.24, 2.45) is 0 Å². The van der Waals surface area contributed by atoms with Crippen LogP contribution in [-0.4, -0.2) is 63.2 Å². The van der Waals surface area contributed by atoms with Crippen LogP contribution in [0.3, 0.4) is 0 Å². The summed E-state index contributed by atoms with van der Waals surface area (Å²) in [5.74, 6) is -0.372. The number of rotatable bonds is 4. The topological polar surface area (TPSA) is 61.7 Å². The summed E-state index contributed by atoms with van der Waals surface area (Å²) in [6.07, 6.45) is 3.63. The minimum atomic E-state index is -0.366. The molecule has 8 heteroatoms. The lowest BCUT2D eigenvalue weighted by atomic mass is 10.0. The number of nitrogens with zero attached hydrogens (tertiary/aromatic N) is 5. The van der Waals surface area contributed by atoms with Crippen molar-refractivity contribution in [3.05, 3.63) is 54.5 Å². The average molecular weight is 436 g/mol. The lowest BCUT2D eigenvalue weighted by molar-refractivity contribution is -0.134. The highest BCUT2D eigenvalue weighted by Gasteiger charge is 2.38. The zero-order valence-corrected chi connectivity index (χ0v) is 18.3. The van der Waals surface area contributed by atoms with Gasteiger partial charge in [0.05, 0.1) is 17.4 Å². The van der Waals surface area contributed by atoms with Crippen molar-refractivity contribution in [1.29, 1.82) is 0 Å². The monoisotopic (exact) mass is 435 g/mol. The summed E-state index contributed by atoms with van der Waals surface area (Å²) in [6, 6.07) is 11.8. The molecule has 7 nitrogen and oxygen atoms in total. The van der Waals surface area contributed by atoms with Crippen LogP contribution in [0.5, 0.6) is 0 Å². The van der Waals surface area contributed by atoms with Crippen LogP contribution in [0.4, 0.5) is 14.9 Å². The Morgan fingerprint density at radius 3 is 2.59 bits per heavy atom. The highest BCUT2D eigenvalue weighted by molar-refractivity contribution is 6.04. The molecule has 3 amide bonds. The van der Waals surface area contributed by atoms with Crippen LogP contribution in [-0.2, 0) is 4.79 Å². The Bertz CT molecular complexity index is 1200. The van der Waals surface area contributed by atoms with Gasteiger partial charge in [-0.1, -0.05) is 18.2 Å². The van der Waals surface area contributed by atoms with Gasteiger partial charge in [-0.3, -0.25) is 9.69 Å². The van der Waals surface area contributed by atoms with E-state index in [0.717, 1.165) is 24.8 Å². The molecule has 0 spiro atoms. The Labute approximate surface area is 186 Å². The molecule has 3 heterocycles. The summed E-state index contributed by atoms with van der Waals surface area (Å²) >= 11 is 0. The average Bonchev–Trinajstić information content (AvgIpc) is 3.45. The van der Waals surface area contributed by atoms with Crippen molar-refractivity contribution < 1.29 is 14.0 Å². The van der Waals surface area contributed by atoms with Crippen molar-refractivity contribution in [3.8, 4) is 5.69 Å². The zero-order valence-electron chi connectivity index (χ0n) is 18.3. The number of benzene rings is 2. The SMILES string of the molecule is CC1(C)CCCN1C(=O)CN1CCN(c2cccc3c2cnn3-c2ccccc2F)C1=O. The Kier molecular flexibility index (Phi) is 4.87. The Morgan fingerprint density at radius 2 is 1.84 bits per heavy atom. The van der Waals surface area contributed by atoms with Crippen molar-refractivity contribution in [3.63, 3.8) is 0 Å². The Hall–Kier alpha value is -3.42. The van der Waals surface area contributed by atoms with Crippen LogP contribution in [0.25, 0.3) is 16.6 Å². The molecular formula is C24H26FN5O2. The lowest BCUT2D eigenvalue weighted by Gasteiger charge is -2.32. The maximum atomic E-state index is 14.3. The third kappa shape index (κ3) is 3.30. The molecule has 0 bridgehead atoms. The van der Waals surface area contributed by atoms with E-state index in [0.29, 0.717) is 30.0 Å². The van der Waals surface area contributed by atoms with Gasteiger partial charge in [0.15, 0.2) is 0 Å². The molecule has 0 aliphatic carbocycles. The van der Waals surface area contributed by atoms with Gasteiger partial charge in [0.2, 0.25) is 5.91 Å². The molecule has 2 aliphatic heterocycles. The van der Waals surface area contributed by atoms with Gasteiger partial charge >= 0.3 is 6.03 Å². The second-order valence-corrected chi connectivity index (χ2v) is 9.03. The van der Waals surface area contributed by atoms with E-state index in [-0.39, 0.29) is 29.8 Å². The fourth-order valence-corrected chi connectivity index (χ4v) is 4.86. The number of hydrogen-bond acceptors (Lipinski definition) is 3. The number of aromatic nitrogens is 2. The van der Waals surface area contributed by atoms with E-state index in [1.807, 2.05) is 23.1 Å². The van der Waals surface area contributed by atoms with E-state index in [1.54, 1.807) is 38.9 Å². The largest absolute Gasteiger partial charge is 0.336 e. The van der Waals surface area contributed by atoms with E-state index in [4.69, 9.17) is 0 Å². The van der Waals surface area contributed by atoms with Gasteiger partial charge in [0.1, 0.15) is 18.0 Å². The summed E-state index contributed by atoms with van der Waals surface area (Å²) in [4.78, 5) is 31.2. The lowest BCUT2D eigenvalue weighted by Crippen LogP contribution is -2.48. The van der Waals surface area contributed by atoms with E-state index in [9.17, 15) is 14.0 Å². The number of hydrogen-bond donors (Lipinski definition) is 0. The number of fused-ring (bicyclic) bond motifs is 1. The molecule has 2 saturated heterocycles. The molecule has 0 unspecified atom stereocenters. The van der Waals surface area contributed by atoms with Crippen molar-refractivity contribution >= 4 is 28.5 Å². The summed E-state index contributed by atoms with van der Waals surface area (Å²) in [5, 5.41) is 5.15. The normalized spacial score (nSPS) is 18.2. The first kappa shape index (κ1) is 20.5. The third-order valence-corrected chi connectivity index (χ3v) is 6.59. The fraction of sp³-hybridized carbons (Fsp3) is 0.375. The zero-order chi connectivity index (χ0) is 22.5. The second-order valence-electron chi connectivity index (χ2n) is 9.03. The van der Waals surface area contributed by atoms with Gasteiger partial charge in [0.25, 0.3) is 0 Å². The first-order valence-corrected chi connectivity index (χ1v) is 11.0. The third-order valence-electron chi connectivity index (χ3n) is 6.59. The van der Waals surface area contributed by atoms with Crippen LogP contribution in [0, 0.1) is 5.82 Å². The number of para-hydroxylation sites is 1. The van der Waals surface area contributed by atoms with Crippen molar-refractivity contribution in [2.75, 3.05) is 31.1 Å². The molecule has 0 N–H and O–H groups in total. The van der Waals surface area contributed by atoms with Crippen LogP contribution < -0.4 is 4.90 Å². The minimum Gasteiger partial charge on any atom is -0.336 e. The molecule has 2 fully saturated rings. The number of anilines is 1. The molecule has 3 aromatic rings. The predicted octanol–water partition coefficient (Wildman–Crippen LogP) is 3.81. The molecule has 1 aromatic heterocycles. The molecule has 0 saturated carbocycles. The van der Waals surface area contributed by atoms with Crippen LogP contribution in [0.2, 0.25) is 0 Å². The van der Waals surface area contributed by atoms with Crippen LogP contribution >= 0.6 is 0 Å². The number of amides is 3. The van der Waals surface area contributed by atoms with Gasteiger partial charge in [-0.25, -0.2) is 13.9 Å². The first-order valence-electron chi connectivity index (χ1n) is 11.0. The van der Waals surface area contributed by atoms with Gasteiger partial charge in [-0.05, 0) is 51.0 Å². The van der Waals surface area contributed by atoms with Crippen molar-refractivity contribution in [1.82, 2.24) is 19.6 Å². The minimum absolute atomic E-state index is 0.00622. The van der Waals surface area contributed by atoms with Crippen LogP contribution in [0.1, 0.15) is 26.7 Å². The van der Waals surface area contributed by atoms with Gasteiger partial charge in [-0.2, -0.15) is 5.10 Å². The smallest absolute Gasteiger partial charge is 0.325 e. The number of carbonyl (C=O) groups is 2. The summed E-state index contributed by atoms with van der Waals surface area (Å²) in [7, 11) is 0. The molecule has 166 valence electrons. The molecular weight excluding hydrogens is 409 g/mol. The number of likely N-dealkylation sites (tertiary alicyclic amines) is 1. The summed E-state index contributed by atoms with van der Waals surface area (Å²) < 4.78 is 15.9. The summed E-state index contributed by atoms with van der Waals surface area (Å²) in [6.45, 7) is 5.94. The molecule has 2 aromatic carbocycles. The maximum absolute atomic E-state index is 14.3. The van der Waals surface area contributed by atoms with Crippen molar-refractivity contribution in [2.45, 2.75) is 32.2 Å². The quantitative estimate of drug-likeness (QED) is 0.626. The fourth-order valence-electron chi connectivity index (χ4n) is 4.86. The van der Waals surface area contributed by atoms with Crippen LogP contribution in [0.15, 0.2) is 48.7 Å². The number of urea groups is 1. The summed E-state index contributed by atoms with van der Waals surface area (Å²) in [5.41, 5.74) is 1.63. The van der Waals surface area contributed by atoms with E-state index in [1.165, 1.54) is 6.07 Å². The maximum Gasteiger partial charge on any atom is 0.325 e. The first-order chi connectivity index (χ1) is 15.4. The van der Waals surface area contributed by atoms with Gasteiger partial charge in [0, 0.05) is 30.6 Å². The second kappa shape index (κ2) is 7.62. The van der Waals surface area contributed by atoms with E-state index < -0.39 is 0 Å². The molecule has 0 atom stereocenters. The molecule has 2 aliphatic rings. The van der Waals surface area contributed by atoms with Gasteiger partial charge in [-0.15, -0.1) is 0 Å². The van der Waals surface area contributed by atoms with E-state index >= 15 is 0 Å².